The molecule has 0 aliphatic rings. The fourth-order valence-corrected chi connectivity index (χ4v) is 3.12. The summed E-state index contributed by atoms with van der Waals surface area (Å²) in [4.78, 5) is 50.3. The minimum Gasteiger partial charge on any atom is -0.454 e. The van der Waals surface area contributed by atoms with Crippen LogP contribution in [0.2, 0.25) is 0 Å². The van der Waals surface area contributed by atoms with E-state index in [9.17, 15) is 19.2 Å². The van der Waals surface area contributed by atoms with Gasteiger partial charge in [0.15, 0.2) is 12.4 Å². The summed E-state index contributed by atoms with van der Waals surface area (Å²) in [5.41, 5.74) is 2.26. The maximum absolute atomic E-state index is 12.8. The highest BCUT2D eigenvalue weighted by Crippen LogP contribution is 2.21. The van der Waals surface area contributed by atoms with Crippen molar-refractivity contribution in [1.29, 1.82) is 0 Å². The van der Waals surface area contributed by atoms with Crippen molar-refractivity contribution in [3.63, 3.8) is 0 Å². The van der Waals surface area contributed by atoms with Crippen molar-refractivity contribution in [3.8, 4) is 0 Å². The Labute approximate surface area is 198 Å². The third kappa shape index (κ3) is 6.38. The molecular weight excluding hydrogens is 432 g/mol. The molecule has 0 saturated heterocycles. The van der Waals surface area contributed by atoms with Gasteiger partial charge in [0.2, 0.25) is 0 Å². The summed E-state index contributed by atoms with van der Waals surface area (Å²) in [6, 6.07) is 19.7. The molecule has 0 atom stereocenters. The molecule has 3 rings (SSSR count). The Kier molecular flexibility index (Phi) is 8.29. The lowest BCUT2D eigenvalue weighted by Crippen LogP contribution is -2.25. The number of nitrogens with one attached hydrogen (secondary N) is 2. The number of carbonyl (C=O) groups is 4. The third-order valence-corrected chi connectivity index (χ3v) is 5.03. The molecule has 0 aliphatic heterocycles. The Hall–Kier alpha value is -4.26. The van der Waals surface area contributed by atoms with E-state index in [1.165, 1.54) is 18.2 Å². The quantitative estimate of drug-likeness (QED) is 0.365. The van der Waals surface area contributed by atoms with Crippen LogP contribution in [-0.4, -0.2) is 36.7 Å². The number of ketones is 1. The van der Waals surface area contributed by atoms with Crippen LogP contribution in [0.25, 0.3) is 0 Å². The van der Waals surface area contributed by atoms with Gasteiger partial charge in [-0.2, -0.15) is 0 Å². The summed E-state index contributed by atoms with van der Waals surface area (Å²) in [7, 11) is 0. The zero-order valence-electron chi connectivity index (χ0n) is 19.1. The van der Waals surface area contributed by atoms with E-state index in [2.05, 4.69) is 10.6 Å². The lowest BCUT2D eigenvalue weighted by Gasteiger charge is -2.13. The van der Waals surface area contributed by atoms with Gasteiger partial charge in [-0.05, 0) is 43.7 Å². The summed E-state index contributed by atoms with van der Waals surface area (Å²) < 4.78 is 5.23. The first-order chi connectivity index (χ1) is 16.4. The molecule has 174 valence electrons. The molecule has 0 heterocycles. The molecule has 2 N–H and O–H groups in total. The molecule has 0 saturated carbocycles. The van der Waals surface area contributed by atoms with Gasteiger partial charge in [-0.15, -0.1) is 0 Å². The number of Topliss-reactive ketones (excluding diaryl/α,β-unsaturated/α-hetero) is 1. The number of anilines is 1. The number of esters is 1. The van der Waals surface area contributed by atoms with E-state index in [0.29, 0.717) is 17.7 Å². The van der Waals surface area contributed by atoms with E-state index in [-0.39, 0.29) is 28.5 Å². The zero-order valence-corrected chi connectivity index (χ0v) is 19.1. The predicted octanol–water partition coefficient (Wildman–Crippen LogP) is 4.43. The van der Waals surface area contributed by atoms with Gasteiger partial charge in [0.05, 0.1) is 11.3 Å². The van der Waals surface area contributed by atoms with Crippen molar-refractivity contribution >= 4 is 29.3 Å². The van der Waals surface area contributed by atoms with E-state index >= 15 is 0 Å². The second kappa shape index (κ2) is 11.6. The standard InChI is InChI=1S/C27H26N2O5/c1-3-15-28-25(31)21-13-14-22(23(16-21)29-26(32)20-7-5-4-6-8-20)27(33)34-17-24(30)19-11-9-18(2)10-12-19/h4-14,16H,3,15,17H2,1-2H3,(H,28,31)(H,29,32). The van der Waals surface area contributed by atoms with Crippen LogP contribution >= 0.6 is 0 Å². The number of rotatable bonds is 9. The Bertz CT molecular complexity index is 1190. The van der Waals surface area contributed by atoms with Gasteiger partial charge in [-0.1, -0.05) is 55.0 Å². The lowest BCUT2D eigenvalue weighted by molar-refractivity contribution is 0.0475. The van der Waals surface area contributed by atoms with E-state index in [0.717, 1.165) is 12.0 Å². The van der Waals surface area contributed by atoms with Gasteiger partial charge in [-0.3, -0.25) is 14.4 Å². The van der Waals surface area contributed by atoms with Gasteiger partial charge >= 0.3 is 5.97 Å². The number of ether oxygens (including phenoxy) is 1. The molecule has 0 aliphatic carbocycles. The van der Waals surface area contributed by atoms with Crippen LogP contribution in [-0.2, 0) is 4.74 Å². The summed E-state index contributed by atoms with van der Waals surface area (Å²) in [6.07, 6.45) is 0.767. The van der Waals surface area contributed by atoms with Crippen molar-refractivity contribution in [2.75, 3.05) is 18.5 Å². The molecule has 3 aromatic rings. The van der Waals surface area contributed by atoms with E-state index in [1.54, 1.807) is 54.6 Å². The second-order valence-electron chi connectivity index (χ2n) is 7.70. The minimum atomic E-state index is -0.788. The molecule has 7 heteroatoms. The molecule has 0 radical (unpaired) electrons. The van der Waals surface area contributed by atoms with Crippen LogP contribution < -0.4 is 10.6 Å². The number of amides is 2. The summed E-state index contributed by atoms with van der Waals surface area (Å²) in [5.74, 6) is -1.91. The fraction of sp³-hybridized carbons (Fsp3) is 0.185. The highest BCUT2D eigenvalue weighted by atomic mass is 16.5. The number of aryl methyl sites for hydroxylation is 1. The SMILES string of the molecule is CCCNC(=O)c1ccc(C(=O)OCC(=O)c2ccc(C)cc2)c(NC(=O)c2ccccc2)c1. The van der Waals surface area contributed by atoms with E-state index in [4.69, 9.17) is 4.74 Å². The molecule has 3 aromatic carbocycles. The third-order valence-electron chi connectivity index (χ3n) is 5.03. The Morgan fingerprint density at radius 2 is 1.47 bits per heavy atom. The number of hydrogen-bond acceptors (Lipinski definition) is 5. The topological polar surface area (TPSA) is 102 Å². The normalized spacial score (nSPS) is 10.3. The Balaban J connectivity index is 1.81. The van der Waals surface area contributed by atoms with Crippen molar-refractivity contribution in [3.05, 3.63) is 101 Å². The fourth-order valence-electron chi connectivity index (χ4n) is 3.12. The van der Waals surface area contributed by atoms with Gasteiger partial charge < -0.3 is 15.4 Å². The predicted molar refractivity (Wildman–Crippen MR) is 129 cm³/mol. The van der Waals surface area contributed by atoms with Crippen molar-refractivity contribution in [1.82, 2.24) is 5.32 Å². The highest BCUT2D eigenvalue weighted by Gasteiger charge is 2.19. The van der Waals surface area contributed by atoms with Gasteiger partial charge in [-0.25, -0.2) is 4.79 Å². The maximum atomic E-state index is 12.8. The average Bonchev–Trinajstić information content (AvgIpc) is 2.86. The molecule has 34 heavy (non-hydrogen) atoms. The number of benzene rings is 3. The Morgan fingerprint density at radius 3 is 2.15 bits per heavy atom. The first-order valence-corrected chi connectivity index (χ1v) is 10.9. The number of hydrogen-bond donors (Lipinski definition) is 2. The minimum absolute atomic E-state index is 0.0352. The first kappa shape index (κ1) is 24.4. The van der Waals surface area contributed by atoms with Crippen molar-refractivity contribution in [2.45, 2.75) is 20.3 Å². The molecule has 0 aromatic heterocycles. The Morgan fingerprint density at radius 1 is 0.794 bits per heavy atom. The van der Waals surface area contributed by atoms with Gasteiger partial charge in [0, 0.05) is 23.2 Å². The van der Waals surface area contributed by atoms with Crippen LogP contribution in [0.4, 0.5) is 5.69 Å². The van der Waals surface area contributed by atoms with Gasteiger partial charge in [0.1, 0.15) is 0 Å². The van der Waals surface area contributed by atoms with Crippen LogP contribution in [0.3, 0.4) is 0 Å². The summed E-state index contributed by atoms with van der Waals surface area (Å²) >= 11 is 0. The van der Waals surface area contributed by atoms with Crippen molar-refractivity contribution in [2.24, 2.45) is 0 Å². The van der Waals surface area contributed by atoms with E-state index < -0.39 is 18.5 Å². The zero-order chi connectivity index (χ0) is 24.5. The first-order valence-electron chi connectivity index (χ1n) is 10.9. The van der Waals surface area contributed by atoms with Crippen LogP contribution in [0.15, 0.2) is 72.8 Å². The molecule has 2 amide bonds. The second-order valence-corrected chi connectivity index (χ2v) is 7.70. The van der Waals surface area contributed by atoms with Crippen molar-refractivity contribution < 1.29 is 23.9 Å². The highest BCUT2D eigenvalue weighted by molar-refractivity contribution is 6.09. The monoisotopic (exact) mass is 458 g/mol. The van der Waals surface area contributed by atoms with Gasteiger partial charge in [0.25, 0.3) is 11.8 Å². The van der Waals surface area contributed by atoms with E-state index in [1.807, 2.05) is 13.8 Å². The summed E-state index contributed by atoms with van der Waals surface area (Å²) in [5, 5.41) is 5.44. The van der Waals surface area contributed by atoms with Crippen LogP contribution in [0.5, 0.6) is 0 Å². The smallest absolute Gasteiger partial charge is 0.340 e. The van der Waals surface area contributed by atoms with Crippen LogP contribution in [0, 0.1) is 6.92 Å². The lowest BCUT2D eigenvalue weighted by atomic mass is 10.1. The molecular formula is C27H26N2O5. The van der Waals surface area contributed by atoms with Crippen LogP contribution in [0.1, 0.15) is 60.3 Å². The molecule has 7 nitrogen and oxygen atoms in total. The average molecular weight is 459 g/mol. The molecule has 0 fully saturated rings. The molecule has 0 unspecified atom stereocenters. The molecule has 0 spiro atoms. The molecule has 0 bridgehead atoms. The summed E-state index contributed by atoms with van der Waals surface area (Å²) in [6.45, 7) is 3.89. The number of carbonyl (C=O) groups excluding carboxylic acids is 4. The maximum Gasteiger partial charge on any atom is 0.340 e. The largest absolute Gasteiger partial charge is 0.454 e.